The molecule has 4 amide bonds. The quantitative estimate of drug-likeness (QED) is 0.189. The second-order valence-corrected chi connectivity index (χ2v) is 16.5. The number of halogens is 1. The first-order chi connectivity index (χ1) is 24.7. The molecule has 1 aromatic heterocycles. The van der Waals surface area contributed by atoms with Crippen LogP contribution < -0.4 is 30.6 Å². The van der Waals surface area contributed by atoms with Crippen LogP contribution in [0.2, 0.25) is 5.02 Å². The lowest BCUT2D eigenvalue weighted by Crippen LogP contribution is -2.58. The monoisotopic (exact) mass is 754 g/mol. The smallest absolute Gasteiger partial charge is 0.259 e. The van der Waals surface area contributed by atoms with Crippen molar-refractivity contribution in [2.24, 2.45) is 17.6 Å². The maximum absolute atomic E-state index is 14.5. The maximum atomic E-state index is 14.5. The Bertz CT molecular complexity index is 2020. The molecule has 1 aliphatic heterocycles. The topological polar surface area (TPSA) is 199 Å². The van der Waals surface area contributed by atoms with E-state index in [0.717, 1.165) is 0 Å². The number of rotatable bonds is 14. The molecule has 0 unspecified atom stereocenters. The first kappa shape index (κ1) is 37.1. The molecule has 14 nitrogen and oxygen atoms in total. The van der Waals surface area contributed by atoms with Gasteiger partial charge in [0, 0.05) is 33.5 Å². The van der Waals surface area contributed by atoms with Gasteiger partial charge in [-0.05, 0) is 67.5 Å². The molecule has 3 aliphatic rings. The van der Waals surface area contributed by atoms with Gasteiger partial charge in [0.15, 0.2) is 0 Å². The summed E-state index contributed by atoms with van der Waals surface area (Å²) in [5.41, 5.74) is 4.80. The maximum Gasteiger partial charge on any atom is 0.259 e. The van der Waals surface area contributed by atoms with E-state index in [1.54, 1.807) is 42.5 Å². The van der Waals surface area contributed by atoms with Crippen molar-refractivity contribution in [2.45, 2.75) is 81.9 Å². The van der Waals surface area contributed by atoms with Crippen LogP contribution in [0.15, 0.2) is 48.7 Å². The van der Waals surface area contributed by atoms with Gasteiger partial charge in [0.1, 0.15) is 29.5 Å². The Balaban J connectivity index is 1.30. The van der Waals surface area contributed by atoms with Gasteiger partial charge in [-0.25, -0.2) is 13.4 Å². The van der Waals surface area contributed by atoms with E-state index in [-0.39, 0.29) is 42.7 Å². The van der Waals surface area contributed by atoms with Gasteiger partial charge < -0.3 is 30.7 Å². The molecule has 52 heavy (non-hydrogen) atoms. The van der Waals surface area contributed by atoms with Crippen LogP contribution in [0.25, 0.3) is 10.8 Å². The lowest BCUT2D eigenvalue weighted by Gasteiger charge is -2.31. The molecule has 5 N–H and O–H groups in total. The van der Waals surface area contributed by atoms with E-state index in [2.05, 4.69) is 20.3 Å². The van der Waals surface area contributed by atoms with Gasteiger partial charge in [-0.2, -0.15) is 0 Å². The number of fused-ring (bicyclic) bond motifs is 1. The first-order valence-electron chi connectivity index (χ1n) is 17.3. The van der Waals surface area contributed by atoms with Gasteiger partial charge in [-0.3, -0.25) is 23.9 Å². The summed E-state index contributed by atoms with van der Waals surface area (Å²) in [5, 5.41) is 7.18. The van der Waals surface area contributed by atoms with E-state index in [1.807, 2.05) is 20.8 Å². The number of hydrogen-bond acceptors (Lipinski definition) is 10. The number of likely N-dealkylation sites (tertiary alicyclic amines) is 1. The van der Waals surface area contributed by atoms with Crippen LogP contribution in [0.3, 0.4) is 0 Å². The number of amides is 4. The minimum atomic E-state index is -3.87. The molecule has 0 radical (unpaired) electrons. The Morgan fingerprint density at radius 2 is 1.87 bits per heavy atom. The van der Waals surface area contributed by atoms with E-state index < -0.39 is 62.6 Å². The number of aromatic nitrogens is 1. The molecule has 2 aliphatic carbocycles. The Morgan fingerprint density at radius 3 is 2.50 bits per heavy atom. The summed E-state index contributed by atoms with van der Waals surface area (Å²) < 4.78 is 39.5. The van der Waals surface area contributed by atoms with Crippen molar-refractivity contribution in [3.63, 3.8) is 0 Å². The van der Waals surface area contributed by atoms with E-state index >= 15 is 0 Å². The Labute approximate surface area is 307 Å². The molecule has 2 saturated carbocycles. The zero-order valence-corrected chi connectivity index (χ0v) is 30.9. The number of anilines is 1. The van der Waals surface area contributed by atoms with Gasteiger partial charge in [0.2, 0.25) is 33.6 Å². The van der Waals surface area contributed by atoms with Crippen molar-refractivity contribution in [2.75, 3.05) is 19.0 Å². The highest BCUT2D eigenvalue weighted by atomic mass is 35.5. The third-order valence-electron chi connectivity index (χ3n) is 10.1. The Morgan fingerprint density at radius 1 is 1.12 bits per heavy atom. The summed E-state index contributed by atoms with van der Waals surface area (Å²) in [5.74, 6) is -2.25. The highest BCUT2D eigenvalue weighted by molar-refractivity contribution is 7.91. The first-order valence-corrected chi connectivity index (χ1v) is 19.2. The molecule has 1 saturated heterocycles. The van der Waals surface area contributed by atoms with Crippen molar-refractivity contribution in [1.82, 2.24) is 19.9 Å². The number of primary amides is 1. The molecule has 2 aromatic carbocycles. The van der Waals surface area contributed by atoms with Crippen LogP contribution in [0.5, 0.6) is 11.6 Å². The molecule has 3 aromatic rings. The summed E-state index contributed by atoms with van der Waals surface area (Å²) in [7, 11) is -2.34. The number of hydrogen-bond donors (Lipinski definition) is 4. The molecule has 16 heteroatoms. The SMILES string of the molecule is CC[C@@H]1C[C@]1(NC(=O)[C@@H]1C[C@@H](Oc2ncc(OC)c3ccc(Cl)cc23)CN1C(=O)[C@@H](Nc1cccc(C(N)=O)c1)C(C)C)C(=O)NS(=O)(=O)C1CC1. The summed E-state index contributed by atoms with van der Waals surface area (Å²) >= 11 is 6.33. The molecule has 0 bridgehead atoms. The average molecular weight is 755 g/mol. The Hall–Kier alpha value is -4.63. The van der Waals surface area contributed by atoms with E-state index in [9.17, 15) is 27.6 Å². The van der Waals surface area contributed by atoms with E-state index in [4.69, 9.17) is 26.8 Å². The normalized spacial score (nSPS) is 23.2. The number of carbonyl (C=O) groups excluding carboxylic acids is 4. The molecule has 3 fully saturated rings. The van der Waals surface area contributed by atoms with Crippen molar-refractivity contribution in [3.8, 4) is 11.6 Å². The zero-order chi connectivity index (χ0) is 37.5. The average Bonchev–Trinajstić information content (AvgIpc) is 4.04. The predicted molar refractivity (Wildman–Crippen MR) is 194 cm³/mol. The van der Waals surface area contributed by atoms with Crippen molar-refractivity contribution >= 4 is 61.7 Å². The van der Waals surface area contributed by atoms with Crippen molar-refractivity contribution < 1.29 is 37.1 Å². The summed E-state index contributed by atoms with van der Waals surface area (Å²) in [6, 6.07) is 9.72. The fraction of sp³-hybridized carbons (Fsp3) is 0.472. The second kappa shape index (κ2) is 14.4. The van der Waals surface area contributed by atoms with Crippen LogP contribution in [-0.2, 0) is 24.4 Å². The van der Waals surface area contributed by atoms with Crippen LogP contribution in [-0.4, -0.2) is 84.6 Å². The molecule has 6 rings (SSSR count). The fourth-order valence-electron chi connectivity index (χ4n) is 6.88. The highest BCUT2D eigenvalue weighted by Crippen LogP contribution is 2.47. The molecular formula is C36H43ClN6O8S. The molecule has 5 atom stereocenters. The van der Waals surface area contributed by atoms with Crippen LogP contribution >= 0.6 is 11.6 Å². The predicted octanol–water partition coefficient (Wildman–Crippen LogP) is 3.37. The van der Waals surface area contributed by atoms with E-state index in [0.29, 0.717) is 46.5 Å². The summed E-state index contributed by atoms with van der Waals surface area (Å²) in [6.07, 6.45) is 2.59. The van der Waals surface area contributed by atoms with Gasteiger partial charge >= 0.3 is 0 Å². The number of benzene rings is 2. The van der Waals surface area contributed by atoms with Gasteiger partial charge in [-0.1, -0.05) is 44.9 Å². The standard InChI is InChI=1S/C36H43ClN6O8S/c1-5-21-16-36(21,35(47)42-52(48,49)25-10-11-25)41-32(45)28-15-24(51-33-27-14-22(37)9-12-26(27)29(50-4)17-39-33)18-43(28)34(46)30(19(2)3)40-23-8-6-7-20(13-23)31(38)44/h6-9,12-14,17,19,21,24-25,28,30,40H,5,10-11,15-16,18H2,1-4H3,(H2,38,44)(H,41,45)(H,42,47)/t21-,24-,28+,30+,36-/m1/s1. The highest BCUT2D eigenvalue weighted by Gasteiger charge is 2.62. The summed E-state index contributed by atoms with van der Waals surface area (Å²) in [4.78, 5) is 60.0. The number of sulfonamides is 1. The molecular weight excluding hydrogens is 712 g/mol. The second-order valence-electron chi connectivity index (χ2n) is 14.1. The van der Waals surface area contributed by atoms with Gasteiger partial charge in [0.25, 0.3) is 5.91 Å². The van der Waals surface area contributed by atoms with Gasteiger partial charge in [0.05, 0.1) is 25.1 Å². The third kappa shape index (κ3) is 7.47. The molecule has 2 heterocycles. The van der Waals surface area contributed by atoms with Gasteiger partial charge in [-0.15, -0.1) is 0 Å². The number of carbonyl (C=O) groups is 4. The van der Waals surface area contributed by atoms with E-state index in [1.165, 1.54) is 18.2 Å². The summed E-state index contributed by atoms with van der Waals surface area (Å²) in [6.45, 7) is 5.55. The largest absolute Gasteiger partial charge is 0.494 e. The number of nitrogens with one attached hydrogen (secondary N) is 3. The lowest BCUT2D eigenvalue weighted by atomic mass is 10.0. The number of nitrogens with zero attached hydrogens (tertiary/aromatic N) is 2. The fourth-order valence-corrected chi connectivity index (χ4v) is 8.42. The number of nitrogens with two attached hydrogens (primary N) is 1. The van der Waals surface area contributed by atoms with Crippen molar-refractivity contribution in [1.29, 1.82) is 0 Å². The van der Waals surface area contributed by atoms with Crippen LogP contribution in [0.4, 0.5) is 5.69 Å². The lowest BCUT2D eigenvalue weighted by molar-refractivity contribution is -0.140. The minimum absolute atomic E-state index is 0.00856. The number of pyridine rings is 1. The molecule has 278 valence electrons. The zero-order valence-electron chi connectivity index (χ0n) is 29.3. The number of ether oxygens (including phenoxy) is 2. The van der Waals surface area contributed by atoms with Crippen LogP contribution in [0.1, 0.15) is 63.2 Å². The molecule has 0 spiro atoms. The Kier molecular flexibility index (Phi) is 10.3. The minimum Gasteiger partial charge on any atom is -0.494 e. The van der Waals surface area contributed by atoms with Crippen molar-refractivity contribution in [3.05, 3.63) is 59.2 Å². The third-order valence-corrected chi connectivity index (χ3v) is 12.1. The van der Waals surface area contributed by atoms with Crippen LogP contribution in [0, 0.1) is 11.8 Å². The number of methoxy groups -OCH3 is 1.